The molecule has 0 saturated carbocycles. The fraction of sp³-hybridized carbons (Fsp3) is 0.538. The summed E-state index contributed by atoms with van der Waals surface area (Å²) in [5, 5.41) is 9.97. The molecule has 0 aromatic heterocycles. The van der Waals surface area contributed by atoms with Crippen LogP contribution >= 0.6 is 0 Å². The fourth-order valence-electron chi connectivity index (χ4n) is 2.11. The lowest BCUT2D eigenvalue weighted by atomic mass is 10.0. The molecule has 0 bridgehead atoms. The number of aliphatic hydroxyl groups is 1. The first-order valence-electron chi connectivity index (χ1n) is 5.73. The quantitative estimate of drug-likeness (QED) is 0.853. The van der Waals surface area contributed by atoms with Crippen molar-refractivity contribution in [3.8, 4) is 0 Å². The Labute approximate surface area is 95.1 Å². The van der Waals surface area contributed by atoms with E-state index in [1.807, 2.05) is 6.92 Å². The van der Waals surface area contributed by atoms with E-state index in [9.17, 15) is 9.50 Å². The third kappa shape index (κ3) is 2.80. The summed E-state index contributed by atoms with van der Waals surface area (Å²) in [6.45, 7) is 2.02. The molecule has 88 valence electrons. The van der Waals surface area contributed by atoms with E-state index in [0.29, 0.717) is 6.42 Å². The van der Waals surface area contributed by atoms with Gasteiger partial charge in [0.1, 0.15) is 5.82 Å². The third-order valence-electron chi connectivity index (χ3n) is 3.05. The maximum atomic E-state index is 12.7. The molecule has 1 N–H and O–H groups in total. The summed E-state index contributed by atoms with van der Waals surface area (Å²) in [6, 6.07) is 6.24. The third-order valence-corrected chi connectivity index (χ3v) is 3.05. The fourth-order valence-corrected chi connectivity index (χ4v) is 2.11. The molecule has 2 rings (SSSR count). The van der Waals surface area contributed by atoms with Gasteiger partial charge in [0.25, 0.3) is 0 Å². The first-order chi connectivity index (χ1) is 7.65. The van der Waals surface area contributed by atoms with E-state index in [0.717, 1.165) is 18.4 Å². The van der Waals surface area contributed by atoms with Gasteiger partial charge in [0.05, 0.1) is 18.3 Å². The molecule has 3 atom stereocenters. The van der Waals surface area contributed by atoms with E-state index in [2.05, 4.69) is 0 Å². The van der Waals surface area contributed by atoms with Crippen molar-refractivity contribution in [2.75, 3.05) is 0 Å². The van der Waals surface area contributed by atoms with Crippen LogP contribution in [0.4, 0.5) is 4.39 Å². The van der Waals surface area contributed by atoms with Crippen LogP contribution in [-0.2, 0) is 11.2 Å². The van der Waals surface area contributed by atoms with Crippen LogP contribution in [0.3, 0.4) is 0 Å². The lowest BCUT2D eigenvalue weighted by Crippen LogP contribution is -2.28. The van der Waals surface area contributed by atoms with Crippen LogP contribution < -0.4 is 0 Å². The predicted molar refractivity (Wildman–Crippen MR) is 59.7 cm³/mol. The highest BCUT2D eigenvalue weighted by Crippen LogP contribution is 2.23. The van der Waals surface area contributed by atoms with Crippen LogP contribution in [0.25, 0.3) is 0 Å². The van der Waals surface area contributed by atoms with Crippen LogP contribution in [0, 0.1) is 5.82 Å². The van der Waals surface area contributed by atoms with E-state index < -0.39 is 6.10 Å². The first-order valence-corrected chi connectivity index (χ1v) is 5.73. The molecular weight excluding hydrogens is 207 g/mol. The molecule has 1 aliphatic rings. The maximum absolute atomic E-state index is 12.7. The summed E-state index contributed by atoms with van der Waals surface area (Å²) in [5.74, 6) is -0.246. The maximum Gasteiger partial charge on any atom is 0.123 e. The summed E-state index contributed by atoms with van der Waals surface area (Å²) in [7, 11) is 0. The molecule has 3 heteroatoms. The second kappa shape index (κ2) is 4.93. The second-order valence-corrected chi connectivity index (χ2v) is 4.46. The molecule has 0 aliphatic carbocycles. The van der Waals surface area contributed by atoms with Gasteiger partial charge >= 0.3 is 0 Å². The molecule has 1 fully saturated rings. The van der Waals surface area contributed by atoms with Crippen LogP contribution in [0.15, 0.2) is 24.3 Å². The largest absolute Gasteiger partial charge is 0.390 e. The van der Waals surface area contributed by atoms with E-state index in [1.165, 1.54) is 12.1 Å². The topological polar surface area (TPSA) is 29.5 Å². The zero-order valence-corrected chi connectivity index (χ0v) is 9.40. The number of hydrogen-bond donors (Lipinski definition) is 1. The monoisotopic (exact) mass is 224 g/mol. The van der Waals surface area contributed by atoms with E-state index in [4.69, 9.17) is 4.74 Å². The number of ether oxygens (including phenoxy) is 1. The van der Waals surface area contributed by atoms with Crippen molar-refractivity contribution in [1.82, 2.24) is 0 Å². The molecule has 1 aromatic carbocycles. The SMILES string of the molecule is CC1CCC(C(O)Cc2ccc(F)cc2)O1. The molecule has 1 aliphatic heterocycles. The minimum Gasteiger partial charge on any atom is -0.390 e. The lowest BCUT2D eigenvalue weighted by molar-refractivity contribution is -0.0278. The van der Waals surface area contributed by atoms with Gasteiger partial charge in [-0.15, -0.1) is 0 Å². The highest BCUT2D eigenvalue weighted by atomic mass is 19.1. The molecule has 1 heterocycles. The number of rotatable bonds is 3. The Hall–Kier alpha value is -0.930. The number of hydrogen-bond acceptors (Lipinski definition) is 2. The summed E-state index contributed by atoms with van der Waals surface area (Å²) < 4.78 is 18.3. The second-order valence-electron chi connectivity index (χ2n) is 4.46. The van der Waals surface area contributed by atoms with Gasteiger partial charge in [-0.2, -0.15) is 0 Å². The van der Waals surface area contributed by atoms with Gasteiger partial charge in [0, 0.05) is 6.42 Å². The van der Waals surface area contributed by atoms with Gasteiger partial charge in [-0.1, -0.05) is 12.1 Å². The molecule has 0 spiro atoms. The molecule has 0 amide bonds. The Kier molecular flexibility index (Phi) is 3.56. The molecule has 1 saturated heterocycles. The average molecular weight is 224 g/mol. The average Bonchev–Trinajstić information content (AvgIpc) is 2.68. The van der Waals surface area contributed by atoms with Crippen LogP contribution in [0.5, 0.6) is 0 Å². The highest BCUT2D eigenvalue weighted by Gasteiger charge is 2.28. The highest BCUT2D eigenvalue weighted by molar-refractivity contribution is 5.17. The van der Waals surface area contributed by atoms with Crippen molar-refractivity contribution < 1.29 is 14.2 Å². The van der Waals surface area contributed by atoms with Gasteiger partial charge in [-0.3, -0.25) is 0 Å². The van der Waals surface area contributed by atoms with Crippen LogP contribution in [0.2, 0.25) is 0 Å². The lowest BCUT2D eigenvalue weighted by Gasteiger charge is -2.18. The molecule has 1 aromatic rings. The molecule has 0 radical (unpaired) electrons. The standard InChI is InChI=1S/C13H17FO2/c1-9-2-7-13(16-9)12(15)8-10-3-5-11(14)6-4-10/h3-6,9,12-13,15H,2,7-8H2,1H3. The molecule has 2 nitrogen and oxygen atoms in total. The van der Waals surface area contributed by atoms with Crippen molar-refractivity contribution in [2.45, 2.75) is 44.5 Å². The van der Waals surface area contributed by atoms with Crippen molar-refractivity contribution in [2.24, 2.45) is 0 Å². The predicted octanol–water partition coefficient (Wildman–Crippen LogP) is 2.30. The van der Waals surface area contributed by atoms with Gasteiger partial charge in [0.15, 0.2) is 0 Å². The Morgan fingerprint density at radius 3 is 2.62 bits per heavy atom. The first kappa shape index (κ1) is 11.6. The minimum absolute atomic E-state index is 0.0694. The summed E-state index contributed by atoms with van der Waals surface area (Å²) in [5.41, 5.74) is 0.942. The smallest absolute Gasteiger partial charge is 0.123 e. The molecule has 3 unspecified atom stereocenters. The molecular formula is C13H17FO2. The van der Waals surface area contributed by atoms with Gasteiger partial charge in [-0.05, 0) is 37.5 Å². The Balaban J connectivity index is 1.91. The summed E-state index contributed by atoms with van der Waals surface area (Å²) in [4.78, 5) is 0. The van der Waals surface area contributed by atoms with Crippen molar-refractivity contribution >= 4 is 0 Å². The van der Waals surface area contributed by atoms with E-state index in [-0.39, 0.29) is 18.0 Å². The zero-order chi connectivity index (χ0) is 11.5. The van der Waals surface area contributed by atoms with Crippen LogP contribution in [-0.4, -0.2) is 23.4 Å². The van der Waals surface area contributed by atoms with Crippen LogP contribution in [0.1, 0.15) is 25.3 Å². The Bertz CT molecular complexity index is 336. The number of benzene rings is 1. The molecule has 16 heavy (non-hydrogen) atoms. The van der Waals surface area contributed by atoms with Gasteiger partial charge in [0.2, 0.25) is 0 Å². The summed E-state index contributed by atoms with van der Waals surface area (Å²) in [6.07, 6.45) is 2.12. The van der Waals surface area contributed by atoms with E-state index in [1.54, 1.807) is 12.1 Å². The number of halogens is 1. The Morgan fingerprint density at radius 2 is 2.06 bits per heavy atom. The van der Waals surface area contributed by atoms with Gasteiger partial charge < -0.3 is 9.84 Å². The minimum atomic E-state index is -0.490. The van der Waals surface area contributed by atoms with Gasteiger partial charge in [-0.25, -0.2) is 4.39 Å². The van der Waals surface area contributed by atoms with E-state index >= 15 is 0 Å². The Morgan fingerprint density at radius 1 is 1.38 bits per heavy atom. The number of aliphatic hydroxyl groups excluding tert-OH is 1. The normalized spacial score (nSPS) is 26.9. The zero-order valence-electron chi connectivity index (χ0n) is 9.40. The van der Waals surface area contributed by atoms with Crippen molar-refractivity contribution in [1.29, 1.82) is 0 Å². The van der Waals surface area contributed by atoms with Crippen molar-refractivity contribution in [3.05, 3.63) is 35.6 Å². The van der Waals surface area contributed by atoms with Crippen molar-refractivity contribution in [3.63, 3.8) is 0 Å². The summed E-state index contributed by atoms with van der Waals surface area (Å²) >= 11 is 0.